The first kappa shape index (κ1) is 13.8. The van der Waals surface area contributed by atoms with E-state index in [2.05, 4.69) is 9.97 Å². The fraction of sp³-hybridized carbons (Fsp3) is 0.500. The summed E-state index contributed by atoms with van der Waals surface area (Å²) in [7, 11) is 0.732. The molecule has 19 heavy (non-hydrogen) atoms. The molecule has 0 aromatic carbocycles. The minimum atomic E-state index is -0.838. The average Bonchev–Trinajstić information content (AvgIpc) is 2.70. The summed E-state index contributed by atoms with van der Waals surface area (Å²) >= 11 is 0. The zero-order valence-electron chi connectivity index (χ0n) is 11.3. The summed E-state index contributed by atoms with van der Waals surface area (Å²) in [6, 6.07) is 3.58. The largest absolute Gasteiger partial charge is 0.481 e. The highest BCUT2D eigenvalue weighted by molar-refractivity contribution is 7.84. The molecule has 0 saturated heterocycles. The Morgan fingerprint density at radius 2 is 2.21 bits per heavy atom. The topological polar surface area (TPSA) is 83.0 Å². The zero-order valence-corrected chi connectivity index (χ0v) is 12.1. The highest BCUT2D eigenvalue weighted by Crippen LogP contribution is 2.20. The third-order valence-electron chi connectivity index (χ3n) is 3.13. The number of ether oxygens (including phenoxy) is 1. The first-order valence-electron chi connectivity index (χ1n) is 6.02. The number of pyridine rings is 1. The number of nitrogens with two attached hydrogens (primary N) is 1. The molecular formula is C12H18N4O2S. The summed E-state index contributed by atoms with van der Waals surface area (Å²) in [5, 5.41) is 0.113. The average molecular weight is 282 g/mol. The number of nitrogens with zero attached hydrogens (tertiary/aromatic N) is 3. The van der Waals surface area contributed by atoms with Crippen molar-refractivity contribution in [2.45, 2.75) is 25.1 Å². The molecule has 6 nitrogen and oxygen atoms in total. The predicted molar refractivity (Wildman–Crippen MR) is 76.6 cm³/mol. The van der Waals surface area contributed by atoms with E-state index in [0.29, 0.717) is 24.0 Å². The van der Waals surface area contributed by atoms with Crippen molar-refractivity contribution in [3.8, 4) is 5.88 Å². The molecule has 0 aliphatic heterocycles. The maximum Gasteiger partial charge on any atom is 0.215 e. The van der Waals surface area contributed by atoms with Gasteiger partial charge in [0, 0.05) is 34.9 Å². The number of methoxy groups -OCH3 is 1. The Morgan fingerprint density at radius 1 is 1.47 bits per heavy atom. The number of imidazole rings is 1. The Labute approximate surface area is 114 Å². The lowest BCUT2D eigenvalue weighted by molar-refractivity contribution is 0.399. The van der Waals surface area contributed by atoms with Gasteiger partial charge in [-0.15, -0.1) is 0 Å². The second-order valence-corrected chi connectivity index (χ2v) is 6.22. The first-order chi connectivity index (χ1) is 9.02. The quantitative estimate of drug-likeness (QED) is 0.890. The van der Waals surface area contributed by atoms with Crippen LogP contribution in [0.4, 0.5) is 5.95 Å². The summed E-state index contributed by atoms with van der Waals surface area (Å²) in [5.74, 6) is 0.950. The Bertz CT molecular complexity index is 611. The van der Waals surface area contributed by atoms with E-state index >= 15 is 0 Å². The van der Waals surface area contributed by atoms with Crippen LogP contribution in [0.25, 0.3) is 11.2 Å². The van der Waals surface area contributed by atoms with E-state index in [4.69, 9.17) is 10.5 Å². The Morgan fingerprint density at radius 3 is 2.84 bits per heavy atom. The molecule has 2 rings (SSSR count). The van der Waals surface area contributed by atoms with Gasteiger partial charge in [-0.3, -0.25) is 8.78 Å². The van der Waals surface area contributed by atoms with Crippen molar-refractivity contribution in [3.63, 3.8) is 0 Å². The molecule has 2 N–H and O–H groups in total. The van der Waals surface area contributed by atoms with Crippen molar-refractivity contribution < 1.29 is 8.95 Å². The number of aromatic nitrogens is 3. The van der Waals surface area contributed by atoms with Crippen molar-refractivity contribution in [3.05, 3.63) is 12.1 Å². The van der Waals surface area contributed by atoms with Crippen LogP contribution in [0, 0.1) is 0 Å². The lowest BCUT2D eigenvalue weighted by Gasteiger charge is -2.10. The van der Waals surface area contributed by atoms with Gasteiger partial charge in [-0.05, 0) is 12.5 Å². The van der Waals surface area contributed by atoms with Gasteiger partial charge in [-0.1, -0.05) is 6.92 Å². The van der Waals surface area contributed by atoms with Crippen molar-refractivity contribution in [2.75, 3.05) is 19.1 Å². The fourth-order valence-corrected chi connectivity index (χ4v) is 2.25. The summed E-state index contributed by atoms with van der Waals surface area (Å²) in [5.41, 5.74) is 7.34. The summed E-state index contributed by atoms with van der Waals surface area (Å²) in [4.78, 5) is 8.62. The van der Waals surface area contributed by atoms with E-state index in [1.165, 1.54) is 0 Å². The number of fused-ring (bicyclic) bond motifs is 1. The van der Waals surface area contributed by atoms with E-state index < -0.39 is 10.8 Å². The minimum Gasteiger partial charge on any atom is -0.481 e. The molecule has 0 bridgehead atoms. The number of hydrogen-bond acceptors (Lipinski definition) is 5. The van der Waals surface area contributed by atoms with Gasteiger partial charge >= 0.3 is 0 Å². The summed E-state index contributed by atoms with van der Waals surface area (Å²) in [6.45, 7) is 2.60. The van der Waals surface area contributed by atoms with Gasteiger partial charge in [0.2, 0.25) is 11.8 Å². The van der Waals surface area contributed by atoms with Crippen LogP contribution in [0.15, 0.2) is 12.1 Å². The molecule has 0 saturated carbocycles. The molecule has 2 heterocycles. The van der Waals surface area contributed by atoms with E-state index in [-0.39, 0.29) is 5.25 Å². The monoisotopic (exact) mass is 282 g/mol. The number of anilines is 1. The number of hydrogen-bond donors (Lipinski definition) is 1. The second kappa shape index (κ2) is 5.56. The van der Waals surface area contributed by atoms with E-state index in [9.17, 15) is 4.21 Å². The number of aryl methyl sites for hydroxylation is 1. The van der Waals surface area contributed by atoms with Crippen LogP contribution >= 0.6 is 0 Å². The highest BCUT2D eigenvalue weighted by Gasteiger charge is 2.13. The van der Waals surface area contributed by atoms with Crippen molar-refractivity contribution in [1.82, 2.24) is 14.5 Å². The van der Waals surface area contributed by atoms with Crippen LogP contribution in [0.1, 0.15) is 13.3 Å². The van der Waals surface area contributed by atoms with Crippen LogP contribution in [0.2, 0.25) is 0 Å². The molecule has 2 aromatic rings. The molecule has 0 aliphatic carbocycles. The number of nitrogen functional groups attached to an aromatic ring is 1. The molecule has 0 aliphatic rings. The standard InChI is InChI=1S/C12H18N4O2S/c1-8(19(3)17)6-7-16-11-9(14-12(16)13)4-5-10(15-11)18-2/h4-5,8H,6-7H2,1-3H3,(H2,13,14). The molecule has 0 fully saturated rings. The molecule has 0 spiro atoms. The Hall–Kier alpha value is -1.63. The van der Waals surface area contributed by atoms with Crippen LogP contribution in [-0.4, -0.2) is 37.4 Å². The highest BCUT2D eigenvalue weighted by atomic mass is 32.2. The lowest BCUT2D eigenvalue weighted by Crippen LogP contribution is -2.14. The SMILES string of the molecule is COc1ccc2nc(N)n(CCC(C)S(C)=O)c2n1. The first-order valence-corrected chi connectivity index (χ1v) is 7.64. The van der Waals surface area contributed by atoms with Crippen LogP contribution in [0.5, 0.6) is 5.88 Å². The fourth-order valence-electron chi connectivity index (χ4n) is 1.81. The van der Waals surface area contributed by atoms with E-state index in [1.54, 1.807) is 19.4 Å². The van der Waals surface area contributed by atoms with Crippen molar-refractivity contribution in [1.29, 1.82) is 0 Å². The van der Waals surface area contributed by atoms with E-state index in [0.717, 1.165) is 11.9 Å². The molecule has 2 unspecified atom stereocenters. The third-order valence-corrected chi connectivity index (χ3v) is 4.50. The van der Waals surface area contributed by atoms with Gasteiger partial charge in [0.1, 0.15) is 5.52 Å². The predicted octanol–water partition coefficient (Wildman–Crippen LogP) is 1.18. The lowest BCUT2D eigenvalue weighted by atomic mass is 10.3. The molecule has 2 atom stereocenters. The summed E-state index contributed by atoms with van der Waals surface area (Å²) in [6.07, 6.45) is 2.47. The molecule has 0 radical (unpaired) electrons. The number of rotatable bonds is 5. The van der Waals surface area contributed by atoms with Crippen LogP contribution in [0.3, 0.4) is 0 Å². The second-order valence-electron chi connectivity index (χ2n) is 4.42. The van der Waals surface area contributed by atoms with Gasteiger partial charge < -0.3 is 10.5 Å². The van der Waals surface area contributed by atoms with Crippen molar-refractivity contribution in [2.24, 2.45) is 0 Å². The maximum absolute atomic E-state index is 11.4. The smallest absolute Gasteiger partial charge is 0.215 e. The molecule has 2 aromatic heterocycles. The maximum atomic E-state index is 11.4. The van der Waals surface area contributed by atoms with Crippen molar-refractivity contribution >= 4 is 27.9 Å². The summed E-state index contributed by atoms with van der Waals surface area (Å²) < 4.78 is 18.3. The van der Waals surface area contributed by atoms with Gasteiger partial charge in [-0.2, -0.15) is 4.98 Å². The van der Waals surface area contributed by atoms with Gasteiger partial charge in [-0.25, -0.2) is 4.98 Å². The normalized spacial score (nSPS) is 14.5. The molecule has 104 valence electrons. The van der Waals surface area contributed by atoms with Gasteiger partial charge in [0.05, 0.1) is 7.11 Å². The van der Waals surface area contributed by atoms with Crippen LogP contribution in [-0.2, 0) is 17.3 Å². The molecule has 0 amide bonds. The zero-order chi connectivity index (χ0) is 14.0. The molecule has 7 heteroatoms. The Balaban J connectivity index is 2.30. The Kier molecular flexibility index (Phi) is 4.04. The van der Waals surface area contributed by atoms with Gasteiger partial charge in [0.25, 0.3) is 0 Å². The minimum absolute atomic E-state index is 0.113. The third kappa shape index (κ3) is 2.86. The molecular weight excluding hydrogens is 264 g/mol. The van der Waals surface area contributed by atoms with Gasteiger partial charge in [0.15, 0.2) is 5.65 Å². The van der Waals surface area contributed by atoms with Crippen LogP contribution < -0.4 is 10.5 Å². The van der Waals surface area contributed by atoms with E-state index in [1.807, 2.05) is 17.6 Å².